The van der Waals surface area contributed by atoms with E-state index in [9.17, 15) is 40.2 Å². The van der Waals surface area contributed by atoms with Crippen LogP contribution in [0, 0.1) is 45.3 Å². The fraction of sp³-hybridized carbons (Fsp3) is 0.548. The second-order valence-corrected chi connectivity index (χ2v) is 87.9. The monoisotopic (exact) mass is 2170 g/mol. The van der Waals surface area contributed by atoms with E-state index in [0.29, 0.717) is 70.9 Å². The number of ether oxygens (including phenoxy) is 4. The zero-order chi connectivity index (χ0) is 108. The Kier molecular flexibility index (Phi) is 55.5. The lowest BCUT2D eigenvalue weighted by atomic mass is 10.0. The van der Waals surface area contributed by atoms with Gasteiger partial charge in [-0.2, -0.15) is 21.0 Å². The Morgan fingerprint density at radius 1 is 0.174 bits per heavy atom. The van der Waals surface area contributed by atoms with Gasteiger partial charge in [-0.15, -0.1) is 0 Å². The van der Waals surface area contributed by atoms with Crippen LogP contribution in [0.5, 0.6) is 23.0 Å². The average Bonchev–Trinajstić information content (AvgIpc) is 0.807. The molecule has 0 heterocycles. The van der Waals surface area contributed by atoms with E-state index in [-0.39, 0.29) is 23.9 Å². The number of rotatable bonds is 76. The van der Waals surface area contributed by atoms with Gasteiger partial charge in [0.15, 0.2) is 66.5 Å². The molecule has 0 aliphatic rings. The first kappa shape index (κ1) is 126. The minimum atomic E-state index is -2.03. The lowest BCUT2D eigenvalue weighted by molar-refractivity contribution is -0.135. The maximum Gasteiger partial charge on any atom is 0.311 e. The van der Waals surface area contributed by atoms with Crippen LogP contribution < -0.4 is 18.9 Å². The van der Waals surface area contributed by atoms with E-state index in [4.69, 9.17) is 35.4 Å². The molecule has 0 aliphatic heterocycles. The standard InChI is InChI=1S/C124H184N4O12Si9/c1-141(2,89-45-37-29-21-17-25-33-41-53-121(129)133-117-81-73-113(74-82-117)109-65-57-105(101-125)58-66-109)137-145(9,10)93-49-97-149(98-50-94-146(11,12)138-142(3,4)90-46-38-30-22-18-26-34-42-54-122(130)134-118-83-75-114(76-84-118)110-67-59-106(102-126)60-68-110,99-51-95-147(13,14)139-143(5,6)91-47-39-31-23-19-27-35-43-55-123(131)135-119-85-77-115(78-86-119)111-69-61-107(103-127)62-70-111)100-52-96-148(15,16)140-144(7,8)92-48-40-32-24-20-28-36-44-56-124(132)136-120-87-79-116(80-88-120)112-71-63-108(104-128)64-72-112/h57-88H,17-56,89-100H2,1-16H3. The molecule has 0 aliphatic carbocycles. The van der Waals surface area contributed by atoms with Crippen LogP contribution in [0.2, 0.25) is 177 Å². The summed E-state index contributed by atoms with van der Waals surface area (Å²) in [5.74, 6) is 1.51. The van der Waals surface area contributed by atoms with Gasteiger partial charge in [0.1, 0.15) is 23.0 Å². The molecule has 0 saturated carbocycles. The maximum atomic E-state index is 12.8. The van der Waals surface area contributed by atoms with Crippen molar-refractivity contribution in [1.29, 1.82) is 21.0 Å². The van der Waals surface area contributed by atoms with Gasteiger partial charge in [-0.3, -0.25) is 19.2 Å². The van der Waals surface area contributed by atoms with Gasteiger partial charge in [-0.1, -0.05) is 327 Å². The van der Waals surface area contributed by atoms with Crippen molar-refractivity contribution in [3.05, 3.63) is 216 Å². The third-order valence-electron chi connectivity index (χ3n) is 29.5. The van der Waals surface area contributed by atoms with Crippen molar-refractivity contribution in [2.24, 2.45) is 0 Å². The summed E-state index contributed by atoms with van der Waals surface area (Å²) in [4.78, 5) is 51.3. The Labute approximate surface area is 909 Å². The maximum absolute atomic E-state index is 12.8. The number of hydrogen-bond donors (Lipinski definition) is 0. The van der Waals surface area contributed by atoms with Crippen LogP contribution in [0.3, 0.4) is 0 Å². The molecule has 0 amide bonds. The molecule has 0 spiro atoms. The molecular formula is C124H184N4O12Si9. The molecule has 8 rings (SSSR count). The second-order valence-electron chi connectivity index (χ2n) is 47.5. The second kappa shape index (κ2) is 65.8. The summed E-state index contributed by atoms with van der Waals surface area (Å²) in [5.41, 5.74) is 10.6. The molecule has 0 atom stereocenters. The molecule has 0 aromatic heterocycles. The molecule has 0 saturated heterocycles. The Bertz CT molecular complexity index is 4740. The highest BCUT2D eigenvalue weighted by molar-refractivity contribution is 6.87. The summed E-state index contributed by atoms with van der Waals surface area (Å²) < 4.78 is 53.2. The lowest BCUT2D eigenvalue weighted by Crippen LogP contribution is -2.46. The number of esters is 4. The molecule has 25 heteroatoms. The van der Waals surface area contributed by atoms with Gasteiger partial charge >= 0.3 is 23.9 Å². The topological polar surface area (TPSA) is 237 Å². The van der Waals surface area contributed by atoms with Crippen molar-refractivity contribution in [2.75, 3.05) is 0 Å². The molecule has 149 heavy (non-hydrogen) atoms. The zero-order valence-corrected chi connectivity index (χ0v) is 103. The molecule has 0 radical (unpaired) electrons. The van der Waals surface area contributed by atoms with Crippen molar-refractivity contribution in [3.63, 3.8) is 0 Å². The van der Waals surface area contributed by atoms with E-state index >= 15 is 0 Å². The summed E-state index contributed by atoms with van der Waals surface area (Å²) in [7, 11) is -17.8. The van der Waals surface area contributed by atoms with Crippen LogP contribution in [0.1, 0.15) is 279 Å². The van der Waals surface area contributed by atoms with Gasteiger partial charge < -0.3 is 35.4 Å². The smallest absolute Gasteiger partial charge is 0.311 e. The highest BCUT2D eigenvalue weighted by Crippen LogP contribution is 2.42. The lowest BCUT2D eigenvalue weighted by Gasteiger charge is -2.39. The van der Waals surface area contributed by atoms with Gasteiger partial charge in [-0.25, -0.2) is 0 Å². The van der Waals surface area contributed by atoms with Gasteiger partial charge in [0.05, 0.1) is 54.6 Å². The number of hydrogen-bond acceptors (Lipinski definition) is 16. The first-order valence-electron chi connectivity index (χ1n) is 57.2. The Balaban J connectivity index is 0.829. The van der Waals surface area contributed by atoms with Gasteiger partial charge in [0.2, 0.25) is 0 Å². The van der Waals surface area contributed by atoms with Crippen LogP contribution in [0.25, 0.3) is 44.5 Å². The SMILES string of the molecule is C[Si](C)(CCCCCCCCCCC(=O)Oc1ccc(-c2ccc(C#N)cc2)cc1)O[Si](C)(C)CCC[Si](CCC[Si](C)(C)O[Si](C)(C)CCCCCCCCCCC(=O)Oc1ccc(-c2ccc(C#N)cc2)cc1)(CCC[Si](C)(C)O[Si](C)(C)CCCCCCCCCCC(=O)Oc1ccc(-c2ccc(C#N)cc2)cc1)CCC[Si](C)(C)O[Si](C)(C)CCCCCCCCCCC(=O)Oc1ccc(-c2ccc(C#N)cc2)cc1. The van der Waals surface area contributed by atoms with Crippen molar-refractivity contribution in [1.82, 2.24) is 0 Å². The van der Waals surface area contributed by atoms with Gasteiger partial charge in [0.25, 0.3) is 0 Å². The number of carbonyl (C=O) groups excluding carboxylic acids is 4. The summed E-state index contributed by atoms with van der Waals surface area (Å²) in [6.07, 6.45) is 43.3. The largest absolute Gasteiger partial charge is 0.455 e. The molecule has 808 valence electrons. The van der Waals surface area contributed by atoms with Crippen LogP contribution in [0.15, 0.2) is 194 Å². The third kappa shape index (κ3) is 52.7. The summed E-state index contributed by atoms with van der Waals surface area (Å²) >= 11 is 0. The number of unbranched alkanes of at least 4 members (excludes halogenated alkanes) is 28. The molecule has 0 bridgehead atoms. The first-order valence-corrected chi connectivity index (χ1v) is 85.0. The van der Waals surface area contributed by atoms with Gasteiger partial charge in [-0.05, 0) is 320 Å². The van der Waals surface area contributed by atoms with E-state index in [2.05, 4.69) is 129 Å². The van der Waals surface area contributed by atoms with Crippen molar-refractivity contribution in [3.8, 4) is 91.8 Å². The summed E-state index contributed by atoms with van der Waals surface area (Å²) in [6.45, 7) is 40.4. The van der Waals surface area contributed by atoms with Crippen LogP contribution >= 0.6 is 0 Å². The Morgan fingerprint density at radius 2 is 0.302 bits per heavy atom. The summed E-state index contributed by atoms with van der Waals surface area (Å²) in [6, 6.07) is 84.3. The average molecular weight is 2180 g/mol. The molecule has 0 unspecified atom stereocenters. The van der Waals surface area contributed by atoms with E-state index < -0.39 is 74.6 Å². The molecule has 16 nitrogen and oxygen atoms in total. The molecule has 8 aromatic rings. The van der Waals surface area contributed by atoms with Gasteiger partial charge in [0, 0.05) is 25.7 Å². The van der Waals surface area contributed by atoms with Crippen molar-refractivity contribution >= 4 is 98.5 Å². The fourth-order valence-corrected chi connectivity index (χ4v) is 64.1. The van der Waals surface area contributed by atoms with Crippen LogP contribution in [-0.4, -0.2) is 98.5 Å². The normalized spacial score (nSPS) is 12.3. The minimum Gasteiger partial charge on any atom is -0.455 e. The van der Waals surface area contributed by atoms with E-state index in [1.54, 1.807) is 0 Å². The van der Waals surface area contributed by atoms with Crippen molar-refractivity contribution in [2.45, 2.75) is 434 Å². The fourth-order valence-electron chi connectivity index (χ4n) is 21.8. The predicted octanol–water partition coefficient (Wildman–Crippen LogP) is 37.3. The predicted molar refractivity (Wildman–Crippen MR) is 641 cm³/mol. The van der Waals surface area contributed by atoms with E-state index in [0.717, 1.165) is 122 Å². The number of carbonyl (C=O) groups is 4. The Hall–Kier alpha value is -8.61. The molecule has 8 aromatic carbocycles. The van der Waals surface area contributed by atoms with E-state index in [1.807, 2.05) is 194 Å². The number of nitrogens with zero attached hydrogens (tertiary/aromatic N) is 4. The van der Waals surface area contributed by atoms with Crippen molar-refractivity contribution < 1.29 is 54.6 Å². The number of benzene rings is 8. The van der Waals surface area contributed by atoms with Crippen LogP contribution in [0.4, 0.5) is 0 Å². The minimum absolute atomic E-state index is 0.183. The third-order valence-corrected chi connectivity index (χ3v) is 65.3. The Morgan fingerprint density at radius 3 is 0.450 bits per heavy atom. The first-order chi connectivity index (χ1) is 71.1. The quantitative estimate of drug-likeness (QED) is 0.0149. The zero-order valence-electron chi connectivity index (χ0n) is 94.4. The highest BCUT2D eigenvalue weighted by atomic mass is 28.4. The molecule has 0 N–H and O–H groups in total. The summed E-state index contributed by atoms with van der Waals surface area (Å²) in [5, 5.41) is 36.8. The van der Waals surface area contributed by atoms with E-state index in [1.165, 1.54) is 227 Å². The molecule has 0 fully saturated rings. The number of nitriles is 4. The molecular weight excluding hydrogens is 1990 g/mol. The van der Waals surface area contributed by atoms with Crippen LogP contribution in [-0.2, 0) is 35.6 Å². The highest BCUT2D eigenvalue weighted by Gasteiger charge is 2.41.